The Morgan fingerprint density at radius 3 is 2.33 bits per heavy atom. The zero-order chi connectivity index (χ0) is 15.7. The van der Waals surface area contributed by atoms with E-state index in [1.165, 1.54) is 12.8 Å². The number of nitrogens with one attached hydrogen (secondary N) is 1. The van der Waals surface area contributed by atoms with Gasteiger partial charge in [-0.1, -0.05) is 31.9 Å². The van der Waals surface area contributed by atoms with E-state index in [2.05, 4.69) is 19.2 Å². The molecule has 1 aromatic carbocycles. The first-order valence-corrected chi connectivity index (χ1v) is 8.07. The molecule has 0 aliphatic carbocycles. The molecule has 0 aliphatic heterocycles. The van der Waals surface area contributed by atoms with Gasteiger partial charge in [-0.2, -0.15) is 0 Å². The molecule has 4 heteroatoms. The lowest BCUT2D eigenvalue weighted by Crippen LogP contribution is -2.20. The van der Waals surface area contributed by atoms with Crippen LogP contribution in [0.1, 0.15) is 38.7 Å². The first kappa shape index (κ1) is 18.1. The Morgan fingerprint density at radius 1 is 1.05 bits per heavy atom. The van der Waals surface area contributed by atoms with Crippen molar-refractivity contribution in [3.8, 4) is 11.5 Å². The molecule has 0 amide bonds. The van der Waals surface area contributed by atoms with Crippen molar-refractivity contribution >= 4 is 11.6 Å². The van der Waals surface area contributed by atoms with Gasteiger partial charge in [-0.05, 0) is 49.9 Å². The highest BCUT2D eigenvalue weighted by Gasteiger charge is 2.09. The van der Waals surface area contributed by atoms with E-state index in [9.17, 15) is 0 Å². The van der Waals surface area contributed by atoms with Crippen molar-refractivity contribution in [1.29, 1.82) is 0 Å². The van der Waals surface area contributed by atoms with Crippen LogP contribution in [0.4, 0.5) is 0 Å². The maximum Gasteiger partial charge on any atom is 0.162 e. The lowest BCUT2D eigenvalue weighted by atomic mass is 10.1. The van der Waals surface area contributed by atoms with Gasteiger partial charge in [-0.3, -0.25) is 0 Å². The summed E-state index contributed by atoms with van der Waals surface area (Å²) in [4.78, 5) is 0. The molecule has 3 nitrogen and oxygen atoms in total. The molecular weight excluding hydrogens is 286 g/mol. The van der Waals surface area contributed by atoms with Gasteiger partial charge in [0, 0.05) is 11.1 Å². The van der Waals surface area contributed by atoms with E-state index < -0.39 is 0 Å². The number of halogens is 1. The fourth-order valence-electron chi connectivity index (χ4n) is 2.22. The Morgan fingerprint density at radius 2 is 1.71 bits per heavy atom. The second-order valence-corrected chi connectivity index (χ2v) is 6.11. The van der Waals surface area contributed by atoms with E-state index in [0.717, 1.165) is 48.2 Å². The van der Waals surface area contributed by atoms with E-state index in [1.807, 2.05) is 12.1 Å². The standard InChI is InChI=1S/C17H28ClNO2/c1-13(2)12-19-9-7-5-6-8-14-10-16(20-3)17(21-4)11-15(14)18/h10-11,13,19H,5-9,12H2,1-4H3. The Balaban J connectivity index is 2.35. The number of ether oxygens (including phenoxy) is 2. The first-order chi connectivity index (χ1) is 10.1. The van der Waals surface area contributed by atoms with Crippen molar-refractivity contribution in [3.05, 3.63) is 22.7 Å². The average Bonchev–Trinajstić information content (AvgIpc) is 2.46. The fraction of sp³-hybridized carbons (Fsp3) is 0.647. The zero-order valence-electron chi connectivity index (χ0n) is 13.7. The van der Waals surface area contributed by atoms with Crippen LogP contribution in [-0.4, -0.2) is 27.3 Å². The van der Waals surface area contributed by atoms with E-state index in [4.69, 9.17) is 21.1 Å². The van der Waals surface area contributed by atoms with Gasteiger partial charge < -0.3 is 14.8 Å². The van der Waals surface area contributed by atoms with E-state index >= 15 is 0 Å². The van der Waals surface area contributed by atoms with Crippen molar-refractivity contribution in [2.75, 3.05) is 27.3 Å². The van der Waals surface area contributed by atoms with E-state index in [0.29, 0.717) is 5.75 Å². The summed E-state index contributed by atoms with van der Waals surface area (Å²) in [7, 11) is 3.27. The lowest BCUT2D eigenvalue weighted by molar-refractivity contribution is 0.354. The molecule has 0 spiro atoms. The monoisotopic (exact) mass is 313 g/mol. The summed E-state index contributed by atoms with van der Waals surface area (Å²) in [5.74, 6) is 2.15. The zero-order valence-corrected chi connectivity index (χ0v) is 14.4. The number of methoxy groups -OCH3 is 2. The lowest BCUT2D eigenvalue weighted by Gasteiger charge is -2.12. The summed E-state index contributed by atoms with van der Waals surface area (Å²) < 4.78 is 10.6. The molecule has 0 unspecified atom stereocenters. The highest BCUT2D eigenvalue weighted by Crippen LogP contribution is 2.33. The Labute approximate surface area is 134 Å². The summed E-state index contributed by atoms with van der Waals surface area (Å²) in [6.45, 7) is 6.65. The van der Waals surface area contributed by atoms with Crippen LogP contribution in [0.25, 0.3) is 0 Å². The fourth-order valence-corrected chi connectivity index (χ4v) is 2.47. The number of benzene rings is 1. The molecule has 1 aromatic rings. The Hall–Kier alpha value is -0.930. The van der Waals surface area contributed by atoms with Gasteiger partial charge in [0.25, 0.3) is 0 Å². The van der Waals surface area contributed by atoms with Crippen molar-refractivity contribution in [2.24, 2.45) is 5.92 Å². The van der Waals surface area contributed by atoms with Crippen LogP contribution >= 0.6 is 11.6 Å². The van der Waals surface area contributed by atoms with Gasteiger partial charge in [-0.25, -0.2) is 0 Å². The number of hydrogen-bond donors (Lipinski definition) is 1. The molecule has 0 bridgehead atoms. The normalized spacial score (nSPS) is 11.0. The third-order valence-corrected chi connectivity index (χ3v) is 3.76. The molecule has 21 heavy (non-hydrogen) atoms. The predicted octanol–water partition coefficient (Wildman–Crippen LogP) is 4.32. The third kappa shape index (κ3) is 6.58. The Bertz CT molecular complexity index is 421. The maximum absolute atomic E-state index is 6.29. The topological polar surface area (TPSA) is 30.5 Å². The molecule has 120 valence electrons. The molecule has 0 fully saturated rings. The van der Waals surface area contributed by atoms with Gasteiger partial charge in [0.05, 0.1) is 14.2 Å². The van der Waals surface area contributed by atoms with Crippen LogP contribution in [0, 0.1) is 5.92 Å². The maximum atomic E-state index is 6.29. The predicted molar refractivity (Wildman–Crippen MR) is 89.8 cm³/mol. The van der Waals surface area contributed by atoms with Crippen LogP contribution in [0.3, 0.4) is 0 Å². The van der Waals surface area contributed by atoms with Crippen molar-refractivity contribution < 1.29 is 9.47 Å². The van der Waals surface area contributed by atoms with Crippen LogP contribution < -0.4 is 14.8 Å². The van der Waals surface area contributed by atoms with Crippen molar-refractivity contribution in [2.45, 2.75) is 39.5 Å². The third-order valence-electron chi connectivity index (χ3n) is 3.40. The van der Waals surface area contributed by atoms with Gasteiger partial charge >= 0.3 is 0 Å². The first-order valence-electron chi connectivity index (χ1n) is 7.69. The molecule has 0 saturated carbocycles. The molecule has 1 rings (SSSR count). The van der Waals surface area contributed by atoms with Crippen LogP contribution in [0.15, 0.2) is 12.1 Å². The minimum atomic E-state index is 0.684. The summed E-state index contributed by atoms with van der Waals surface area (Å²) in [6, 6.07) is 3.82. The van der Waals surface area contributed by atoms with Gasteiger partial charge in [0.1, 0.15) is 0 Å². The molecule has 1 N–H and O–H groups in total. The summed E-state index contributed by atoms with van der Waals surface area (Å²) >= 11 is 6.29. The molecule has 0 aliphatic rings. The highest BCUT2D eigenvalue weighted by atomic mass is 35.5. The minimum absolute atomic E-state index is 0.684. The molecule has 0 heterocycles. The number of aryl methyl sites for hydroxylation is 1. The number of rotatable bonds is 10. The van der Waals surface area contributed by atoms with Crippen LogP contribution in [0.5, 0.6) is 11.5 Å². The highest BCUT2D eigenvalue weighted by molar-refractivity contribution is 6.31. The second kappa shape index (κ2) is 9.91. The molecule has 0 aromatic heterocycles. The number of hydrogen-bond acceptors (Lipinski definition) is 3. The summed E-state index contributed by atoms with van der Waals surface area (Å²) in [5, 5.41) is 4.22. The smallest absolute Gasteiger partial charge is 0.162 e. The number of unbranched alkanes of at least 4 members (excludes halogenated alkanes) is 2. The summed E-state index contributed by atoms with van der Waals surface area (Å²) in [5.41, 5.74) is 1.13. The van der Waals surface area contributed by atoms with Crippen molar-refractivity contribution in [1.82, 2.24) is 5.32 Å². The van der Waals surface area contributed by atoms with Gasteiger partial charge in [0.2, 0.25) is 0 Å². The van der Waals surface area contributed by atoms with Crippen LogP contribution in [-0.2, 0) is 6.42 Å². The SMILES string of the molecule is COc1cc(Cl)c(CCCCCNCC(C)C)cc1OC. The molecular formula is C17H28ClNO2. The quantitative estimate of drug-likeness (QED) is 0.653. The minimum Gasteiger partial charge on any atom is -0.493 e. The Kier molecular flexibility index (Phi) is 8.55. The van der Waals surface area contributed by atoms with Crippen LogP contribution in [0.2, 0.25) is 5.02 Å². The second-order valence-electron chi connectivity index (χ2n) is 5.71. The summed E-state index contributed by atoms with van der Waals surface area (Å²) in [6.07, 6.45) is 4.52. The van der Waals surface area contributed by atoms with Crippen molar-refractivity contribution in [3.63, 3.8) is 0 Å². The largest absolute Gasteiger partial charge is 0.493 e. The molecule has 0 atom stereocenters. The van der Waals surface area contributed by atoms with E-state index in [-0.39, 0.29) is 0 Å². The van der Waals surface area contributed by atoms with Gasteiger partial charge in [-0.15, -0.1) is 0 Å². The van der Waals surface area contributed by atoms with E-state index in [1.54, 1.807) is 14.2 Å². The molecule has 0 radical (unpaired) electrons. The average molecular weight is 314 g/mol. The molecule has 0 saturated heterocycles. The van der Waals surface area contributed by atoms with Gasteiger partial charge in [0.15, 0.2) is 11.5 Å².